The topological polar surface area (TPSA) is 43.4 Å². The highest BCUT2D eigenvalue weighted by atomic mass is 32.2. The summed E-state index contributed by atoms with van der Waals surface area (Å²) in [5.74, 6) is -56.1. The smallest absolute Gasteiger partial charge is 0.260 e. The molecule has 0 amide bonds. The zero-order valence-corrected chi connectivity index (χ0v) is 18.8. The van der Waals surface area contributed by atoms with Crippen molar-refractivity contribution in [2.45, 2.75) is 52.8 Å². The van der Waals surface area contributed by atoms with Crippen LogP contribution >= 0.6 is 0 Å². The van der Waals surface area contributed by atoms with E-state index in [0.717, 1.165) is 12.1 Å². The molecule has 0 radical (unpaired) electrons. The van der Waals surface area contributed by atoms with Crippen molar-refractivity contribution in [1.82, 2.24) is 0 Å². The van der Waals surface area contributed by atoms with Gasteiger partial charge in [0.1, 0.15) is 11.5 Å². The van der Waals surface area contributed by atoms with Gasteiger partial charge in [-0.05, 0) is 11.5 Å². The largest absolute Gasteiger partial charge is 0.384 e. The molecule has 0 aliphatic rings. The summed E-state index contributed by atoms with van der Waals surface area (Å²) in [5, 5.41) is -0.261. The minimum absolute atomic E-state index is 0.0641. The third kappa shape index (κ3) is 4.76. The average molecular weight is 622 g/mol. The summed E-state index contributed by atoms with van der Waals surface area (Å²) in [6, 6.07) is 7.61. The first-order valence-corrected chi connectivity index (χ1v) is 10.9. The van der Waals surface area contributed by atoms with Crippen LogP contribution in [0.5, 0.6) is 0 Å². The second-order valence-corrected chi connectivity index (χ2v) is 9.28. The standard InChI is InChI=1S/C19H10F16O3S/c20-12(21)14(24,25)16(28,29)18(32,33)19(34,35)17(30,31)15(26,27)13(22,23)8-38-39(36,37)11-7-3-5-9-4-1-2-6-10(9)11/h1-7,12H,8H2. The molecule has 0 aromatic heterocycles. The Bertz CT molecular complexity index is 1300. The van der Waals surface area contributed by atoms with E-state index in [1.54, 1.807) is 0 Å². The second kappa shape index (κ2) is 9.55. The first-order valence-electron chi connectivity index (χ1n) is 9.54. The number of hydrogen-bond donors (Lipinski definition) is 0. The van der Waals surface area contributed by atoms with Crippen molar-refractivity contribution in [3.05, 3.63) is 42.5 Å². The second-order valence-electron chi connectivity index (χ2n) is 7.69. The molecule has 0 aliphatic carbocycles. The molecule has 2 aromatic rings. The van der Waals surface area contributed by atoms with E-state index in [1.165, 1.54) is 24.3 Å². The molecular formula is C19H10F16O3S. The van der Waals surface area contributed by atoms with E-state index >= 15 is 0 Å². The maximum Gasteiger partial charge on any atom is 0.384 e. The molecule has 0 bridgehead atoms. The van der Waals surface area contributed by atoms with E-state index in [9.17, 15) is 78.7 Å². The van der Waals surface area contributed by atoms with Gasteiger partial charge < -0.3 is 0 Å². The van der Waals surface area contributed by atoms with E-state index in [1.807, 2.05) is 0 Å². The van der Waals surface area contributed by atoms with E-state index in [2.05, 4.69) is 4.18 Å². The molecule has 0 spiro atoms. The Morgan fingerprint density at radius 3 is 1.56 bits per heavy atom. The van der Waals surface area contributed by atoms with Gasteiger partial charge in [0.05, 0.1) is 0 Å². The lowest BCUT2D eigenvalue weighted by Crippen LogP contribution is -2.74. The Kier molecular flexibility index (Phi) is 8.01. The highest BCUT2D eigenvalue weighted by Crippen LogP contribution is 2.62. The van der Waals surface area contributed by atoms with E-state index in [-0.39, 0.29) is 10.8 Å². The molecule has 0 heterocycles. The minimum atomic E-state index is -8.58. The van der Waals surface area contributed by atoms with Crippen LogP contribution in [0.15, 0.2) is 47.4 Å². The van der Waals surface area contributed by atoms with Gasteiger partial charge in [0, 0.05) is 5.39 Å². The van der Waals surface area contributed by atoms with Crippen molar-refractivity contribution < 1.29 is 82.8 Å². The van der Waals surface area contributed by atoms with Crippen molar-refractivity contribution in [3.63, 3.8) is 0 Å². The van der Waals surface area contributed by atoms with Gasteiger partial charge in [0.25, 0.3) is 10.1 Å². The van der Waals surface area contributed by atoms with Crippen molar-refractivity contribution in [2.75, 3.05) is 6.61 Å². The predicted molar refractivity (Wildman–Crippen MR) is 97.7 cm³/mol. The number of fused-ring (bicyclic) bond motifs is 1. The zero-order chi connectivity index (χ0) is 30.7. The maximum atomic E-state index is 14.0. The summed E-state index contributed by atoms with van der Waals surface area (Å²) >= 11 is 0. The number of benzene rings is 2. The number of rotatable bonds is 11. The molecule has 39 heavy (non-hydrogen) atoms. The first-order chi connectivity index (χ1) is 17.2. The van der Waals surface area contributed by atoms with Crippen LogP contribution in [0.1, 0.15) is 0 Å². The molecule has 0 atom stereocenters. The molecular weight excluding hydrogens is 612 g/mol. The minimum Gasteiger partial charge on any atom is -0.260 e. The normalized spacial score (nSPS) is 15.3. The van der Waals surface area contributed by atoms with Crippen LogP contribution in [-0.4, -0.2) is 62.9 Å². The van der Waals surface area contributed by atoms with Gasteiger partial charge in [0.15, 0.2) is 0 Å². The Hall–Kier alpha value is -2.51. The van der Waals surface area contributed by atoms with Crippen LogP contribution in [0, 0.1) is 0 Å². The van der Waals surface area contributed by atoms with Crippen molar-refractivity contribution in [2.24, 2.45) is 0 Å². The van der Waals surface area contributed by atoms with Crippen LogP contribution < -0.4 is 0 Å². The van der Waals surface area contributed by atoms with Crippen LogP contribution in [0.3, 0.4) is 0 Å². The summed E-state index contributed by atoms with van der Waals surface area (Å²) in [5.41, 5.74) is 0. The van der Waals surface area contributed by atoms with Crippen LogP contribution in [0.25, 0.3) is 10.8 Å². The van der Waals surface area contributed by atoms with Gasteiger partial charge in [-0.3, -0.25) is 4.18 Å². The fraction of sp³-hybridized carbons (Fsp3) is 0.474. The molecule has 20 heteroatoms. The molecule has 0 fully saturated rings. The van der Waals surface area contributed by atoms with Gasteiger partial charge in [-0.15, -0.1) is 0 Å². The molecule has 222 valence electrons. The van der Waals surface area contributed by atoms with Crippen molar-refractivity contribution >= 4 is 20.9 Å². The third-order valence-corrected chi connectivity index (χ3v) is 6.47. The first kappa shape index (κ1) is 32.7. The van der Waals surface area contributed by atoms with E-state index in [0.29, 0.717) is 6.07 Å². The molecule has 3 nitrogen and oxygen atoms in total. The fourth-order valence-electron chi connectivity index (χ4n) is 2.89. The quantitative estimate of drug-likeness (QED) is 0.196. The van der Waals surface area contributed by atoms with Crippen LogP contribution in [0.2, 0.25) is 0 Å². The van der Waals surface area contributed by atoms with Crippen molar-refractivity contribution in [3.8, 4) is 0 Å². The molecule has 0 saturated carbocycles. The molecule has 0 unspecified atom stereocenters. The monoisotopic (exact) mass is 622 g/mol. The van der Waals surface area contributed by atoms with Gasteiger partial charge in [-0.25, -0.2) is 8.78 Å². The highest BCUT2D eigenvalue weighted by molar-refractivity contribution is 7.87. The summed E-state index contributed by atoms with van der Waals surface area (Å²) in [7, 11) is -5.64. The van der Waals surface area contributed by atoms with Crippen molar-refractivity contribution in [1.29, 1.82) is 0 Å². The summed E-state index contributed by atoms with van der Waals surface area (Å²) < 4.78 is 242. The lowest BCUT2D eigenvalue weighted by molar-refractivity contribution is -0.447. The van der Waals surface area contributed by atoms with E-state index in [4.69, 9.17) is 0 Å². The predicted octanol–water partition coefficient (Wildman–Crippen LogP) is 7.26. The Morgan fingerprint density at radius 1 is 0.615 bits per heavy atom. The van der Waals surface area contributed by atoms with Crippen LogP contribution in [0.4, 0.5) is 70.2 Å². The zero-order valence-electron chi connectivity index (χ0n) is 18.0. The highest BCUT2D eigenvalue weighted by Gasteiger charge is 2.93. The molecule has 0 saturated heterocycles. The molecule has 2 aromatic carbocycles. The third-order valence-electron chi connectivity index (χ3n) is 5.14. The number of hydrogen-bond acceptors (Lipinski definition) is 3. The Labute approximate surface area is 206 Å². The lowest BCUT2D eigenvalue weighted by atomic mass is 9.89. The van der Waals surface area contributed by atoms with Crippen LogP contribution in [-0.2, 0) is 14.3 Å². The number of alkyl halides is 16. The SMILES string of the molecule is O=S(=O)(OCC(F)(F)C(F)(F)C(F)(F)C(F)(F)C(F)(F)C(F)(F)C(F)(F)C(F)F)c1cccc2ccccc12. The van der Waals surface area contributed by atoms with Gasteiger partial charge >= 0.3 is 47.9 Å². The maximum absolute atomic E-state index is 14.0. The van der Waals surface area contributed by atoms with Gasteiger partial charge in [-0.2, -0.15) is 69.9 Å². The Morgan fingerprint density at radius 2 is 1.05 bits per heavy atom. The molecule has 0 aliphatic heterocycles. The number of halogens is 16. The lowest BCUT2D eigenvalue weighted by Gasteiger charge is -2.42. The Balaban J connectivity index is 2.48. The van der Waals surface area contributed by atoms with Gasteiger partial charge in [-0.1, -0.05) is 36.4 Å². The fourth-order valence-corrected chi connectivity index (χ4v) is 4.02. The van der Waals surface area contributed by atoms with Gasteiger partial charge in [0.2, 0.25) is 0 Å². The summed E-state index contributed by atoms with van der Waals surface area (Å²) in [6.45, 7) is -3.49. The average Bonchev–Trinajstić information content (AvgIpc) is 2.81. The summed E-state index contributed by atoms with van der Waals surface area (Å²) in [6.07, 6.45) is -5.95. The summed E-state index contributed by atoms with van der Waals surface area (Å²) in [4.78, 5) is -1.06. The molecule has 0 N–H and O–H groups in total. The molecule has 2 rings (SSSR count). The van der Waals surface area contributed by atoms with E-state index < -0.39 is 69.5 Å².